The minimum Gasteiger partial charge on any atom is -0.785 e. The summed E-state index contributed by atoms with van der Waals surface area (Å²) in [6.45, 7) is 5.81. The van der Waals surface area contributed by atoms with Crippen LogP contribution in [-0.4, -0.2) is 24.2 Å². The Labute approximate surface area is 203 Å². The van der Waals surface area contributed by atoms with Crippen LogP contribution in [0.2, 0.25) is 0 Å². The van der Waals surface area contributed by atoms with Gasteiger partial charge in [-0.15, -0.1) is 0 Å². The standard InChI is InChI=1S/C29H61N2O/c1-3-5-7-9-11-13-15-17-19-21-23-26-29(31(32)28-24-27-30)25-22-20-18-16-14-12-10-8-6-4-2/h29H,3-28,30H2,1-2H3/q-1. The number of unbranched alkanes of at least 4 members (excludes halogenated alkanes) is 19. The summed E-state index contributed by atoms with van der Waals surface area (Å²) in [6, 6.07) is 0.231. The first-order valence-electron chi connectivity index (χ1n) is 14.9. The zero-order valence-corrected chi connectivity index (χ0v) is 22.4. The van der Waals surface area contributed by atoms with E-state index in [9.17, 15) is 5.21 Å². The lowest BCUT2D eigenvalue weighted by Crippen LogP contribution is -2.32. The van der Waals surface area contributed by atoms with Gasteiger partial charge in [0.25, 0.3) is 0 Å². The number of rotatable bonds is 27. The first-order chi connectivity index (χ1) is 15.8. The molecule has 0 saturated carbocycles. The van der Waals surface area contributed by atoms with Crippen molar-refractivity contribution in [3.63, 3.8) is 0 Å². The monoisotopic (exact) mass is 453 g/mol. The number of hydroxylamine groups is 2. The predicted octanol–water partition coefficient (Wildman–Crippen LogP) is 9.52. The maximum atomic E-state index is 12.6. The van der Waals surface area contributed by atoms with E-state index in [1.807, 2.05) is 0 Å². The Bertz CT molecular complexity index is 337. The number of hydrogen-bond donors (Lipinski definition) is 1. The van der Waals surface area contributed by atoms with E-state index in [1.165, 1.54) is 140 Å². The van der Waals surface area contributed by atoms with E-state index in [0.29, 0.717) is 13.1 Å². The van der Waals surface area contributed by atoms with Crippen LogP contribution in [0.3, 0.4) is 0 Å². The van der Waals surface area contributed by atoms with Crippen LogP contribution in [0.4, 0.5) is 0 Å². The fourth-order valence-electron chi connectivity index (χ4n) is 4.77. The van der Waals surface area contributed by atoms with E-state index in [-0.39, 0.29) is 6.04 Å². The zero-order chi connectivity index (χ0) is 23.5. The van der Waals surface area contributed by atoms with Crippen molar-refractivity contribution in [1.82, 2.24) is 5.06 Å². The Morgan fingerprint density at radius 1 is 0.500 bits per heavy atom. The van der Waals surface area contributed by atoms with Crippen molar-refractivity contribution >= 4 is 0 Å². The summed E-state index contributed by atoms with van der Waals surface area (Å²) >= 11 is 0. The second-order valence-electron chi connectivity index (χ2n) is 10.2. The van der Waals surface area contributed by atoms with E-state index in [1.54, 1.807) is 0 Å². The summed E-state index contributed by atoms with van der Waals surface area (Å²) in [5, 5.41) is 13.9. The van der Waals surface area contributed by atoms with E-state index >= 15 is 0 Å². The molecule has 0 rings (SSSR count). The molecule has 0 spiro atoms. The first-order valence-corrected chi connectivity index (χ1v) is 14.9. The fraction of sp³-hybridized carbons (Fsp3) is 1.00. The van der Waals surface area contributed by atoms with Gasteiger partial charge in [-0.2, -0.15) is 0 Å². The molecule has 32 heavy (non-hydrogen) atoms. The van der Waals surface area contributed by atoms with Gasteiger partial charge in [0.05, 0.1) is 0 Å². The highest BCUT2D eigenvalue weighted by atomic mass is 16.5. The lowest BCUT2D eigenvalue weighted by atomic mass is 9.99. The molecule has 0 heterocycles. The highest BCUT2D eigenvalue weighted by molar-refractivity contribution is 4.73. The number of hydrogen-bond acceptors (Lipinski definition) is 3. The molecular formula is C29H61N2O-. The van der Waals surface area contributed by atoms with Gasteiger partial charge in [-0.05, 0) is 38.4 Å². The van der Waals surface area contributed by atoms with E-state index in [0.717, 1.165) is 19.3 Å². The first kappa shape index (κ1) is 31.9. The lowest BCUT2D eigenvalue weighted by molar-refractivity contribution is 0.237. The Hall–Kier alpha value is -0.120. The van der Waals surface area contributed by atoms with Gasteiger partial charge in [0, 0.05) is 0 Å². The van der Waals surface area contributed by atoms with Gasteiger partial charge < -0.3 is 16.0 Å². The molecule has 194 valence electrons. The molecule has 0 radical (unpaired) electrons. The summed E-state index contributed by atoms with van der Waals surface area (Å²) in [5.74, 6) is 0. The number of nitrogens with two attached hydrogens (primary N) is 1. The van der Waals surface area contributed by atoms with Crippen molar-refractivity contribution in [2.75, 3.05) is 13.1 Å². The van der Waals surface area contributed by atoms with Gasteiger partial charge in [0.1, 0.15) is 0 Å². The molecule has 0 saturated heterocycles. The SMILES string of the molecule is CCCCCCCCCCCCCC(CCCCCCCCCCCC)N([O-])CCCN. The van der Waals surface area contributed by atoms with Crippen LogP contribution in [0.25, 0.3) is 0 Å². The molecule has 0 aliphatic heterocycles. The molecule has 1 atom stereocenters. The lowest BCUT2D eigenvalue weighted by Gasteiger charge is -2.37. The van der Waals surface area contributed by atoms with Gasteiger partial charge in [-0.3, -0.25) is 0 Å². The summed E-state index contributed by atoms with van der Waals surface area (Å²) < 4.78 is 0. The van der Waals surface area contributed by atoms with Gasteiger partial charge >= 0.3 is 0 Å². The maximum Gasteiger partial charge on any atom is -0.00262 e. The molecule has 0 amide bonds. The molecule has 1 unspecified atom stereocenters. The van der Waals surface area contributed by atoms with Crippen molar-refractivity contribution in [2.45, 2.75) is 174 Å². The van der Waals surface area contributed by atoms with Gasteiger partial charge in [0.15, 0.2) is 0 Å². The highest BCUT2D eigenvalue weighted by Crippen LogP contribution is 2.19. The summed E-state index contributed by atoms with van der Waals surface area (Å²) in [6.07, 6.45) is 31.7. The van der Waals surface area contributed by atoms with Crippen LogP contribution >= 0.6 is 0 Å². The van der Waals surface area contributed by atoms with Crippen LogP contribution in [0.5, 0.6) is 0 Å². The topological polar surface area (TPSA) is 52.3 Å². The average Bonchev–Trinajstić information content (AvgIpc) is 2.80. The smallest absolute Gasteiger partial charge is 0.00262 e. The van der Waals surface area contributed by atoms with Crippen molar-refractivity contribution in [1.29, 1.82) is 0 Å². The molecule has 3 heteroatoms. The van der Waals surface area contributed by atoms with Crippen LogP contribution in [0.1, 0.15) is 168 Å². The van der Waals surface area contributed by atoms with E-state index in [4.69, 9.17) is 5.73 Å². The Kier molecular flexibility index (Phi) is 27.0. The van der Waals surface area contributed by atoms with E-state index < -0.39 is 0 Å². The Morgan fingerprint density at radius 2 is 0.812 bits per heavy atom. The molecule has 0 aromatic rings. The van der Waals surface area contributed by atoms with Crippen LogP contribution < -0.4 is 5.73 Å². The molecule has 0 aromatic carbocycles. The van der Waals surface area contributed by atoms with Crippen molar-refractivity contribution in [3.8, 4) is 0 Å². The van der Waals surface area contributed by atoms with E-state index in [2.05, 4.69) is 13.8 Å². The molecule has 0 fully saturated rings. The van der Waals surface area contributed by atoms with Crippen molar-refractivity contribution in [2.24, 2.45) is 5.73 Å². The average molecular weight is 454 g/mol. The second-order valence-corrected chi connectivity index (χ2v) is 10.2. The van der Waals surface area contributed by atoms with Gasteiger partial charge in [-0.1, -0.05) is 149 Å². The highest BCUT2D eigenvalue weighted by Gasteiger charge is 2.10. The van der Waals surface area contributed by atoms with Crippen LogP contribution in [-0.2, 0) is 0 Å². The molecule has 0 aliphatic carbocycles. The summed E-state index contributed by atoms with van der Waals surface area (Å²) in [4.78, 5) is 0. The third kappa shape index (κ3) is 23.1. The molecule has 0 bridgehead atoms. The normalized spacial score (nSPS) is 12.7. The van der Waals surface area contributed by atoms with Crippen molar-refractivity contribution < 1.29 is 0 Å². The Morgan fingerprint density at radius 3 is 1.12 bits per heavy atom. The third-order valence-electron chi connectivity index (χ3n) is 7.02. The molecular weight excluding hydrogens is 392 g/mol. The molecule has 0 aromatic heterocycles. The quantitative estimate of drug-likeness (QED) is 0.0994. The predicted molar refractivity (Wildman–Crippen MR) is 145 cm³/mol. The van der Waals surface area contributed by atoms with Gasteiger partial charge in [0.2, 0.25) is 0 Å². The molecule has 0 aliphatic rings. The maximum absolute atomic E-state index is 12.6. The summed E-state index contributed by atoms with van der Waals surface area (Å²) in [5.41, 5.74) is 5.63. The second kappa shape index (κ2) is 27.1. The van der Waals surface area contributed by atoms with Crippen molar-refractivity contribution in [3.05, 3.63) is 5.21 Å². The third-order valence-corrected chi connectivity index (χ3v) is 7.02. The molecule has 3 nitrogen and oxygen atoms in total. The Balaban J connectivity index is 3.77. The minimum atomic E-state index is 0.231. The molecule has 2 N–H and O–H groups in total. The summed E-state index contributed by atoms with van der Waals surface area (Å²) in [7, 11) is 0. The van der Waals surface area contributed by atoms with Gasteiger partial charge in [-0.25, -0.2) is 0 Å². The van der Waals surface area contributed by atoms with Crippen LogP contribution in [0, 0.1) is 5.21 Å². The number of nitrogens with zero attached hydrogens (tertiary/aromatic N) is 1. The zero-order valence-electron chi connectivity index (χ0n) is 22.4. The largest absolute Gasteiger partial charge is 0.785 e. The van der Waals surface area contributed by atoms with Crippen LogP contribution in [0.15, 0.2) is 0 Å². The minimum absolute atomic E-state index is 0.231. The fourth-order valence-corrected chi connectivity index (χ4v) is 4.77.